The molecule has 0 amide bonds. The van der Waals surface area contributed by atoms with Crippen LogP contribution in [0.3, 0.4) is 0 Å². The van der Waals surface area contributed by atoms with Crippen LogP contribution in [0, 0.1) is 5.41 Å². The maximum absolute atomic E-state index is 6.06. The Morgan fingerprint density at radius 1 is 1.32 bits per heavy atom. The zero-order chi connectivity index (χ0) is 13.9. The van der Waals surface area contributed by atoms with E-state index in [4.69, 9.17) is 14.2 Å². The van der Waals surface area contributed by atoms with Gasteiger partial charge >= 0.3 is 0 Å². The minimum absolute atomic E-state index is 0.0600. The number of methoxy groups -OCH3 is 1. The molecular formula is C16H22O3. The maximum Gasteiger partial charge on any atom is 0.165 e. The zero-order valence-electron chi connectivity index (χ0n) is 11.8. The van der Waals surface area contributed by atoms with Gasteiger partial charge in [-0.15, -0.1) is 6.58 Å². The van der Waals surface area contributed by atoms with E-state index in [9.17, 15) is 0 Å². The molecule has 1 heterocycles. The van der Waals surface area contributed by atoms with E-state index in [1.54, 1.807) is 13.2 Å². The number of hydrogen-bond donors (Lipinski definition) is 0. The molecular weight excluding hydrogens is 240 g/mol. The van der Waals surface area contributed by atoms with Crippen molar-refractivity contribution >= 4 is 0 Å². The second-order valence-electron chi connectivity index (χ2n) is 5.44. The molecule has 0 radical (unpaired) electrons. The smallest absolute Gasteiger partial charge is 0.165 e. The van der Waals surface area contributed by atoms with Crippen molar-refractivity contribution in [3.63, 3.8) is 0 Å². The average Bonchev–Trinajstić information content (AvgIpc) is 2.67. The molecule has 1 aromatic carbocycles. The number of rotatable bonds is 5. The number of benzene rings is 1. The molecule has 0 saturated carbocycles. The molecule has 3 nitrogen and oxygen atoms in total. The van der Waals surface area contributed by atoms with Gasteiger partial charge in [0.15, 0.2) is 6.29 Å². The van der Waals surface area contributed by atoms with Gasteiger partial charge < -0.3 is 14.2 Å². The van der Waals surface area contributed by atoms with Gasteiger partial charge in [0.2, 0.25) is 0 Å². The normalized spacial score (nSPS) is 29.3. The second-order valence-corrected chi connectivity index (χ2v) is 5.44. The first-order valence-corrected chi connectivity index (χ1v) is 6.56. The molecule has 19 heavy (non-hydrogen) atoms. The topological polar surface area (TPSA) is 27.7 Å². The molecule has 2 rings (SSSR count). The van der Waals surface area contributed by atoms with E-state index in [0.717, 1.165) is 5.56 Å². The van der Waals surface area contributed by atoms with E-state index < -0.39 is 0 Å². The van der Waals surface area contributed by atoms with E-state index in [-0.39, 0.29) is 23.9 Å². The molecule has 3 atom stereocenters. The minimum atomic E-state index is -0.267. The zero-order valence-corrected chi connectivity index (χ0v) is 11.8. The van der Waals surface area contributed by atoms with Crippen molar-refractivity contribution in [2.24, 2.45) is 5.41 Å². The van der Waals surface area contributed by atoms with Crippen LogP contribution in [-0.4, -0.2) is 25.6 Å². The minimum Gasteiger partial charge on any atom is -0.370 e. The van der Waals surface area contributed by atoms with Crippen LogP contribution in [0.4, 0.5) is 0 Å². The fourth-order valence-electron chi connectivity index (χ4n) is 2.56. The Balaban J connectivity index is 2.06. The standard InChI is InChI=1S/C16H22O3/c1-5-13-14(16(2,3)15(17-4)19-13)18-11-12-9-7-6-8-10-12/h5-10,13-15H,1,11H2,2-4H3/t13-,14-,15?/m1/s1. The van der Waals surface area contributed by atoms with Gasteiger partial charge in [-0.05, 0) is 5.56 Å². The van der Waals surface area contributed by atoms with Gasteiger partial charge in [0.25, 0.3) is 0 Å². The summed E-state index contributed by atoms with van der Waals surface area (Å²) in [5.74, 6) is 0. The van der Waals surface area contributed by atoms with Crippen LogP contribution in [0.5, 0.6) is 0 Å². The summed E-state index contributed by atoms with van der Waals surface area (Å²) in [7, 11) is 1.66. The molecule has 1 aromatic rings. The van der Waals surface area contributed by atoms with Crippen LogP contribution < -0.4 is 0 Å². The summed E-state index contributed by atoms with van der Waals surface area (Å²) in [4.78, 5) is 0. The number of hydrogen-bond acceptors (Lipinski definition) is 3. The first kappa shape index (κ1) is 14.3. The Bertz CT molecular complexity index is 413. The lowest BCUT2D eigenvalue weighted by Gasteiger charge is -2.30. The van der Waals surface area contributed by atoms with Crippen LogP contribution in [0.15, 0.2) is 43.0 Å². The summed E-state index contributed by atoms with van der Waals surface area (Å²) < 4.78 is 17.3. The molecule has 1 unspecified atom stereocenters. The van der Waals surface area contributed by atoms with Gasteiger partial charge in [-0.2, -0.15) is 0 Å². The molecule has 0 spiro atoms. The SMILES string of the molecule is C=C[C@H]1OC(OC)C(C)(C)[C@@H]1OCc1ccccc1. The largest absolute Gasteiger partial charge is 0.370 e. The highest BCUT2D eigenvalue weighted by Gasteiger charge is 2.50. The van der Waals surface area contributed by atoms with Crippen molar-refractivity contribution in [2.45, 2.75) is 39.0 Å². The van der Waals surface area contributed by atoms with Crippen molar-refractivity contribution in [1.29, 1.82) is 0 Å². The van der Waals surface area contributed by atoms with Crippen LogP contribution in [-0.2, 0) is 20.8 Å². The highest BCUT2D eigenvalue weighted by Crippen LogP contribution is 2.41. The summed E-state index contributed by atoms with van der Waals surface area (Å²) in [6, 6.07) is 10.1. The molecule has 0 aromatic heterocycles. The lowest BCUT2D eigenvalue weighted by Crippen LogP contribution is -2.38. The van der Waals surface area contributed by atoms with E-state index >= 15 is 0 Å². The summed E-state index contributed by atoms with van der Waals surface area (Å²) in [6.45, 7) is 8.59. The third-order valence-corrected chi connectivity index (χ3v) is 3.64. The van der Waals surface area contributed by atoms with E-state index in [1.807, 2.05) is 18.2 Å². The van der Waals surface area contributed by atoms with Crippen molar-refractivity contribution in [1.82, 2.24) is 0 Å². The van der Waals surface area contributed by atoms with Gasteiger partial charge in [-0.3, -0.25) is 0 Å². The molecule has 1 aliphatic rings. The lowest BCUT2D eigenvalue weighted by atomic mass is 9.85. The van der Waals surface area contributed by atoms with Crippen LogP contribution in [0.2, 0.25) is 0 Å². The summed E-state index contributed by atoms with van der Waals surface area (Å²) >= 11 is 0. The van der Waals surface area contributed by atoms with Gasteiger partial charge in [0.05, 0.1) is 12.7 Å². The maximum atomic E-state index is 6.06. The predicted octanol–water partition coefficient (Wildman–Crippen LogP) is 3.16. The van der Waals surface area contributed by atoms with Crippen molar-refractivity contribution in [3.8, 4) is 0 Å². The fourth-order valence-corrected chi connectivity index (χ4v) is 2.56. The Hall–Kier alpha value is -1.16. The molecule has 3 heteroatoms. The quantitative estimate of drug-likeness (QED) is 0.763. The Morgan fingerprint density at radius 2 is 2.00 bits per heavy atom. The summed E-state index contributed by atoms with van der Waals surface area (Å²) in [5, 5.41) is 0. The summed E-state index contributed by atoms with van der Waals surface area (Å²) in [5.41, 5.74) is 0.949. The predicted molar refractivity (Wildman–Crippen MR) is 74.7 cm³/mol. The second kappa shape index (κ2) is 5.87. The van der Waals surface area contributed by atoms with Crippen molar-refractivity contribution < 1.29 is 14.2 Å². The Morgan fingerprint density at radius 3 is 2.58 bits per heavy atom. The van der Waals surface area contributed by atoms with E-state index in [2.05, 4.69) is 32.6 Å². The van der Waals surface area contributed by atoms with Crippen LogP contribution >= 0.6 is 0 Å². The van der Waals surface area contributed by atoms with Crippen LogP contribution in [0.25, 0.3) is 0 Å². The lowest BCUT2D eigenvalue weighted by molar-refractivity contribution is -0.145. The highest BCUT2D eigenvalue weighted by molar-refractivity contribution is 5.14. The highest BCUT2D eigenvalue weighted by atomic mass is 16.7. The third kappa shape index (κ3) is 2.89. The van der Waals surface area contributed by atoms with Crippen molar-refractivity contribution in [3.05, 3.63) is 48.6 Å². The van der Waals surface area contributed by atoms with E-state index in [0.29, 0.717) is 6.61 Å². The first-order valence-electron chi connectivity index (χ1n) is 6.56. The molecule has 1 fully saturated rings. The van der Waals surface area contributed by atoms with Gasteiger partial charge in [-0.25, -0.2) is 0 Å². The van der Waals surface area contributed by atoms with Gasteiger partial charge in [0.1, 0.15) is 6.10 Å². The summed E-state index contributed by atoms with van der Waals surface area (Å²) in [6.07, 6.45) is 1.33. The molecule has 0 N–H and O–H groups in total. The fraction of sp³-hybridized carbons (Fsp3) is 0.500. The Labute approximate surface area is 115 Å². The van der Waals surface area contributed by atoms with Gasteiger partial charge in [-0.1, -0.05) is 50.3 Å². The number of ether oxygens (including phenoxy) is 3. The van der Waals surface area contributed by atoms with Crippen molar-refractivity contribution in [2.75, 3.05) is 7.11 Å². The monoisotopic (exact) mass is 262 g/mol. The molecule has 0 aliphatic carbocycles. The molecule has 1 aliphatic heterocycles. The molecule has 1 saturated heterocycles. The van der Waals surface area contributed by atoms with Gasteiger partial charge in [0, 0.05) is 12.5 Å². The van der Waals surface area contributed by atoms with Crippen LogP contribution in [0.1, 0.15) is 19.4 Å². The van der Waals surface area contributed by atoms with E-state index in [1.165, 1.54) is 0 Å². The first-order chi connectivity index (χ1) is 9.09. The Kier molecular flexibility index (Phi) is 4.40. The molecule has 0 bridgehead atoms. The average molecular weight is 262 g/mol. The molecule has 104 valence electrons. The third-order valence-electron chi connectivity index (χ3n) is 3.64.